The van der Waals surface area contributed by atoms with Crippen molar-refractivity contribution in [1.82, 2.24) is 5.32 Å². The lowest BCUT2D eigenvalue weighted by Crippen LogP contribution is -2.62. The van der Waals surface area contributed by atoms with Gasteiger partial charge in [0.1, 0.15) is 0 Å². The summed E-state index contributed by atoms with van der Waals surface area (Å²) in [5.74, 6) is -0.148. The van der Waals surface area contributed by atoms with E-state index in [0.29, 0.717) is 6.42 Å². The number of nitrogens with two attached hydrogens (primary N) is 1. The Balaban J connectivity index is 2.45. The summed E-state index contributed by atoms with van der Waals surface area (Å²) < 4.78 is 0. The molecule has 0 radical (unpaired) electrons. The summed E-state index contributed by atoms with van der Waals surface area (Å²) >= 11 is 0. The van der Waals surface area contributed by atoms with Gasteiger partial charge in [0.2, 0.25) is 5.91 Å². The Hall–Kier alpha value is -0.610. The second-order valence-electron chi connectivity index (χ2n) is 4.42. The monoisotopic (exact) mass is 186 g/mol. The molecule has 0 aliphatic heterocycles. The fourth-order valence-corrected chi connectivity index (χ4v) is 1.45. The number of rotatable bonds is 2. The van der Waals surface area contributed by atoms with Crippen LogP contribution in [0.25, 0.3) is 0 Å². The van der Waals surface area contributed by atoms with Gasteiger partial charge in [-0.2, -0.15) is 0 Å². The Morgan fingerprint density at radius 2 is 2.23 bits per heavy atom. The van der Waals surface area contributed by atoms with Gasteiger partial charge >= 0.3 is 0 Å². The zero-order chi connectivity index (χ0) is 10.2. The van der Waals surface area contributed by atoms with Crippen LogP contribution >= 0.6 is 0 Å². The quantitative estimate of drug-likeness (QED) is 0.549. The third kappa shape index (κ3) is 1.84. The van der Waals surface area contributed by atoms with Crippen LogP contribution in [0.3, 0.4) is 0 Å². The summed E-state index contributed by atoms with van der Waals surface area (Å²) in [6.07, 6.45) is 0.316. The highest BCUT2D eigenvalue weighted by molar-refractivity contribution is 5.81. The molecular formula is C9H18N2O2. The molecule has 0 heterocycles. The third-order valence-electron chi connectivity index (χ3n) is 2.95. The Bertz CT molecular complexity index is 214. The second-order valence-corrected chi connectivity index (χ2v) is 4.42. The van der Waals surface area contributed by atoms with Gasteiger partial charge in [0.05, 0.1) is 12.1 Å². The molecule has 13 heavy (non-hydrogen) atoms. The molecule has 3 atom stereocenters. The third-order valence-corrected chi connectivity index (χ3v) is 2.95. The van der Waals surface area contributed by atoms with Gasteiger partial charge < -0.3 is 16.2 Å². The number of aliphatic hydroxyl groups excluding tert-OH is 1. The van der Waals surface area contributed by atoms with Crippen LogP contribution in [0.15, 0.2) is 0 Å². The minimum Gasteiger partial charge on any atom is -0.392 e. The lowest BCUT2D eigenvalue weighted by Gasteiger charge is -2.49. The van der Waals surface area contributed by atoms with Crippen molar-refractivity contribution in [2.45, 2.75) is 45.4 Å². The van der Waals surface area contributed by atoms with Gasteiger partial charge in [0.15, 0.2) is 0 Å². The van der Waals surface area contributed by atoms with Gasteiger partial charge in [0, 0.05) is 11.5 Å². The van der Waals surface area contributed by atoms with Crippen molar-refractivity contribution in [3.8, 4) is 0 Å². The first kappa shape index (κ1) is 10.5. The number of aliphatic hydroxyl groups is 1. The molecule has 76 valence electrons. The molecule has 1 rings (SSSR count). The molecule has 4 nitrogen and oxygen atoms in total. The largest absolute Gasteiger partial charge is 0.392 e. The van der Waals surface area contributed by atoms with Crippen LogP contribution in [0.2, 0.25) is 0 Å². The van der Waals surface area contributed by atoms with E-state index in [1.165, 1.54) is 0 Å². The summed E-state index contributed by atoms with van der Waals surface area (Å²) in [7, 11) is 0. The normalized spacial score (nSPS) is 33.3. The van der Waals surface area contributed by atoms with Crippen LogP contribution in [-0.4, -0.2) is 29.2 Å². The zero-order valence-corrected chi connectivity index (χ0v) is 8.37. The van der Waals surface area contributed by atoms with E-state index < -0.39 is 6.04 Å². The Kier molecular flexibility index (Phi) is 2.63. The molecule has 0 aromatic carbocycles. The maximum absolute atomic E-state index is 11.2. The van der Waals surface area contributed by atoms with Crippen LogP contribution in [0.1, 0.15) is 27.2 Å². The summed E-state index contributed by atoms with van der Waals surface area (Å²) in [5, 5.41) is 12.2. The van der Waals surface area contributed by atoms with Crippen molar-refractivity contribution in [1.29, 1.82) is 0 Å². The summed E-state index contributed by atoms with van der Waals surface area (Å²) in [6, 6.07) is -0.422. The van der Waals surface area contributed by atoms with Crippen molar-refractivity contribution >= 4 is 5.91 Å². The Morgan fingerprint density at radius 3 is 2.54 bits per heavy atom. The van der Waals surface area contributed by atoms with Gasteiger partial charge in [-0.3, -0.25) is 4.79 Å². The highest BCUT2D eigenvalue weighted by Crippen LogP contribution is 2.40. The Labute approximate surface area is 78.5 Å². The number of hydrogen-bond acceptors (Lipinski definition) is 3. The molecule has 0 spiro atoms. The molecule has 1 aliphatic rings. The highest BCUT2D eigenvalue weighted by Gasteiger charge is 2.47. The predicted octanol–water partition coefficient (Wildman–Crippen LogP) is -0.391. The van der Waals surface area contributed by atoms with Gasteiger partial charge in [-0.1, -0.05) is 13.8 Å². The fraction of sp³-hybridized carbons (Fsp3) is 0.889. The van der Waals surface area contributed by atoms with Crippen LogP contribution < -0.4 is 11.1 Å². The maximum atomic E-state index is 11.2. The molecule has 1 amide bonds. The summed E-state index contributed by atoms with van der Waals surface area (Å²) in [6.45, 7) is 5.53. The molecule has 2 unspecified atom stereocenters. The van der Waals surface area contributed by atoms with E-state index in [1.54, 1.807) is 6.92 Å². The molecule has 1 fully saturated rings. The van der Waals surface area contributed by atoms with Gasteiger partial charge in [-0.25, -0.2) is 0 Å². The van der Waals surface area contributed by atoms with E-state index >= 15 is 0 Å². The van der Waals surface area contributed by atoms with Crippen molar-refractivity contribution in [3.63, 3.8) is 0 Å². The molecule has 0 aromatic heterocycles. The van der Waals surface area contributed by atoms with E-state index in [9.17, 15) is 9.90 Å². The number of amides is 1. The number of hydrogen-bond donors (Lipinski definition) is 3. The molecule has 0 bridgehead atoms. The van der Waals surface area contributed by atoms with Crippen molar-refractivity contribution in [3.05, 3.63) is 0 Å². The highest BCUT2D eigenvalue weighted by atomic mass is 16.3. The molecule has 0 saturated heterocycles. The van der Waals surface area contributed by atoms with E-state index in [-0.39, 0.29) is 23.5 Å². The van der Waals surface area contributed by atoms with E-state index in [0.717, 1.165) is 0 Å². The van der Waals surface area contributed by atoms with Gasteiger partial charge in [-0.05, 0) is 13.3 Å². The predicted molar refractivity (Wildman–Crippen MR) is 50.0 cm³/mol. The number of carbonyl (C=O) groups excluding carboxylic acids is 1. The minimum atomic E-state index is -0.478. The molecular weight excluding hydrogens is 168 g/mol. The Morgan fingerprint density at radius 1 is 1.69 bits per heavy atom. The SMILES string of the molecule is C[C@H](N)C(=O)NC1CC(O)C1(C)C. The van der Waals surface area contributed by atoms with Gasteiger partial charge in [0.25, 0.3) is 0 Å². The number of nitrogens with one attached hydrogen (secondary N) is 1. The average Bonchev–Trinajstić information content (AvgIpc) is 2.03. The number of carbonyl (C=O) groups is 1. The first-order valence-corrected chi connectivity index (χ1v) is 4.59. The van der Waals surface area contributed by atoms with E-state index in [1.807, 2.05) is 13.8 Å². The minimum absolute atomic E-state index is 0.0565. The molecule has 4 N–H and O–H groups in total. The topological polar surface area (TPSA) is 75.4 Å². The van der Waals surface area contributed by atoms with Crippen molar-refractivity contribution < 1.29 is 9.90 Å². The van der Waals surface area contributed by atoms with Crippen molar-refractivity contribution in [2.75, 3.05) is 0 Å². The first-order chi connectivity index (χ1) is 5.85. The van der Waals surface area contributed by atoms with Crippen molar-refractivity contribution in [2.24, 2.45) is 11.1 Å². The summed E-state index contributed by atoms with van der Waals surface area (Å²) in [4.78, 5) is 11.2. The molecule has 1 saturated carbocycles. The van der Waals surface area contributed by atoms with Gasteiger partial charge in [-0.15, -0.1) is 0 Å². The van der Waals surface area contributed by atoms with Crippen LogP contribution in [-0.2, 0) is 4.79 Å². The second kappa shape index (κ2) is 3.27. The maximum Gasteiger partial charge on any atom is 0.236 e. The smallest absolute Gasteiger partial charge is 0.236 e. The molecule has 0 aromatic rings. The molecule has 1 aliphatic carbocycles. The summed E-state index contributed by atoms with van der Waals surface area (Å²) in [5.41, 5.74) is 5.19. The lowest BCUT2D eigenvalue weighted by molar-refractivity contribution is -0.130. The average molecular weight is 186 g/mol. The van der Waals surface area contributed by atoms with Crippen LogP contribution in [0, 0.1) is 5.41 Å². The van der Waals surface area contributed by atoms with Crippen LogP contribution in [0.4, 0.5) is 0 Å². The zero-order valence-electron chi connectivity index (χ0n) is 8.37. The first-order valence-electron chi connectivity index (χ1n) is 4.59. The van der Waals surface area contributed by atoms with E-state index in [4.69, 9.17) is 5.73 Å². The molecule has 4 heteroatoms. The van der Waals surface area contributed by atoms with Crippen LogP contribution in [0.5, 0.6) is 0 Å². The standard InChI is InChI=1S/C9H18N2O2/c1-5(10)8(13)11-6-4-7(12)9(6,2)3/h5-7,12H,4,10H2,1-3H3,(H,11,13)/t5-,6?,7?/m0/s1. The van der Waals surface area contributed by atoms with E-state index in [2.05, 4.69) is 5.32 Å². The lowest BCUT2D eigenvalue weighted by atomic mass is 9.64. The fourth-order valence-electron chi connectivity index (χ4n) is 1.45.